The number of nitrogens with one attached hydrogen (secondary N) is 1. The largest absolute Gasteiger partial charge is 0.422 e. The van der Waals surface area contributed by atoms with Crippen LogP contribution in [0.3, 0.4) is 0 Å². The molecule has 142 valence electrons. The number of fused-ring (bicyclic) bond motifs is 1. The van der Waals surface area contributed by atoms with E-state index in [2.05, 4.69) is 15.5 Å². The highest BCUT2D eigenvalue weighted by Gasteiger charge is 2.31. The van der Waals surface area contributed by atoms with Gasteiger partial charge in [0.05, 0.1) is 21.8 Å². The predicted octanol–water partition coefficient (Wildman–Crippen LogP) is 5.73. The molecule has 0 bridgehead atoms. The number of para-hydroxylation sites is 1. The molecule has 0 saturated heterocycles. The monoisotopic (exact) mass is 423 g/mol. The quantitative estimate of drug-likeness (QED) is 0.426. The summed E-state index contributed by atoms with van der Waals surface area (Å²) in [6.07, 6.45) is -4.50. The molecule has 4 aromatic rings. The molecule has 28 heavy (non-hydrogen) atoms. The first-order chi connectivity index (χ1) is 13.3. The Morgan fingerprint density at radius 2 is 1.86 bits per heavy atom. The molecule has 0 atom stereocenters. The average molecular weight is 424 g/mol. The Hall–Kier alpha value is -2.91. The number of alkyl halides is 3. The van der Waals surface area contributed by atoms with Crippen molar-refractivity contribution < 1.29 is 17.6 Å². The molecule has 0 radical (unpaired) electrons. The lowest BCUT2D eigenvalue weighted by Crippen LogP contribution is -2.05. The Morgan fingerprint density at radius 1 is 1.07 bits per heavy atom. The summed E-state index contributed by atoms with van der Waals surface area (Å²) in [7, 11) is 0. The van der Waals surface area contributed by atoms with Gasteiger partial charge in [-0.25, -0.2) is 4.79 Å². The van der Waals surface area contributed by atoms with Crippen LogP contribution in [0.5, 0.6) is 0 Å². The van der Waals surface area contributed by atoms with Crippen molar-refractivity contribution in [2.24, 2.45) is 0 Å². The van der Waals surface area contributed by atoms with Crippen LogP contribution in [0.2, 0.25) is 5.02 Å². The Balaban J connectivity index is 1.68. The summed E-state index contributed by atoms with van der Waals surface area (Å²) in [5, 5.41) is 11.8. The van der Waals surface area contributed by atoms with Gasteiger partial charge in [-0.1, -0.05) is 41.1 Å². The Bertz CT molecular complexity index is 1240. The van der Waals surface area contributed by atoms with Crippen LogP contribution in [0.25, 0.3) is 21.5 Å². The number of anilines is 2. The number of hydrogen-bond donors (Lipinski definition) is 1. The van der Waals surface area contributed by atoms with Gasteiger partial charge in [0.2, 0.25) is 5.13 Å². The fourth-order valence-electron chi connectivity index (χ4n) is 2.51. The minimum atomic E-state index is -4.50. The first-order valence-corrected chi connectivity index (χ1v) is 9.01. The predicted molar refractivity (Wildman–Crippen MR) is 101 cm³/mol. The lowest BCUT2D eigenvalue weighted by Gasteiger charge is -2.10. The van der Waals surface area contributed by atoms with Crippen LogP contribution in [0, 0.1) is 0 Å². The van der Waals surface area contributed by atoms with Gasteiger partial charge in [-0.2, -0.15) is 13.2 Å². The van der Waals surface area contributed by atoms with E-state index < -0.39 is 17.4 Å². The number of hydrogen-bond acceptors (Lipinski definition) is 6. The Labute approximate surface area is 164 Å². The first-order valence-electron chi connectivity index (χ1n) is 7.82. The van der Waals surface area contributed by atoms with Crippen molar-refractivity contribution in [3.05, 3.63) is 69.5 Å². The second-order valence-corrected chi connectivity index (χ2v) is 7.10. The molecule has 0 amide bonds. The molecule has 0 aliphatic rings. The SMILES string of the molecule is O=c1oc2ccccc2cc1-c1nnc(Nc2cc(C(F)(F)F)ccc2Cl)s1. The maximum absolute atomic E-state index is 12.9. The topological polar surface area (TPSA) is 68.0 Å². The second kappa shape index (κ2) is 6.92. The summed E-state index contributed by atoms with van der Waals surface area (Å²) < 4.78 is 43.9. The van der Waals surface area contributed by atoms with Crippen LogP contribution < -0.4 is 10.9 Å². The van der Waals surface area contributed by atoms with Crippen molar-refractivity contribution >= 4 is 44.7 Å². The molecule has 5 nitrogen and oxygen atoms in total. The highest BCUT2D eigenvalue weighted by atomic mass is 35.5. The molecule has 0 aliphatic carbocycles. The lowest BCUT2D eigenvalue weighted by molar-refractivity contribution is -0.137. The van der Waals surface area contributed by atoms with E-state index in [4.69, 9.17) is 16.0 Å². The third-order valence-electron chi connectivity index (χ3n) is 3.83. The number of halogens is 4. The molecule has 2 aromatic heterocycles. The summed E-state index contributed by atoms with van der Waals surface area (Å²) in [6.45, 7) is 0. The van der Waals surface area contributed by atoms with E-state index in [1.165, 1.54) is 0 Å². The van der Waals surface area contributed by atoms with Gasteiger partial charge in [0.15, 0.2) is 5.01 Å². The number of aromatic nitrogens is 2. The summed E-state index contributed by atoms with van der Waals surface area (Å²) in [5.41, 5.74) is -0.753. The molecule has 1 N–H and O–H groups in total. The Morgan fingerprint density at radius 3 is 2.64 bits per heavy atom. The number of rotatable bonds is 3. The summed E-state index contributed by atoms with van der Waals surface area (Å²) in [4.78, 5) is 12.2. The zero-order valence-corrected chi connectivity index (χ0v) is 15.3. The zero-order chi connectivity index (χ0) is 19.9. The van der Waals surface area contributed by atoms with Gasteiger partial charge >= 0.3 is 11.8 Å². The highest BCUT2D eigenvalue weighted by molar-refractivity contribution is 7.18. The fraction of sp³-hybridized carbons (Fsp3) is 0.0556. The molecule has 0 saturated carbocycles. The molecule has 2 heterocycles. The van der Waals surface area contributed by atoms with E-state index in [1.54, 1.807) is 30.3 Å². The van der Waals surface area contributed by atoms with Gasteiger partial charge in [-0.05, 0) is 30.3 Å². The fourth-order valence-corrected chi connectivity index (χ4v) is 3.43. The molecule has 2 aromatic carbocycles. The molecule has 0 fully saturated rings. The lowest BCUT2D eigenvalue weighted by atomic mass is 10.2. The van der Waals surface area contributed by atoms with Crippen LogP contribution in [0.1, 0.15) is 5.56 Å². The van der Waals surface area contributed by atoms with Gasteiger partial charge in [0.25, 0.3) is 0 Å². The summed E-state index contributed by atoms with van der Waals surface area (Å²) >= 11 is 6.96. The molecular weight excluding hydrogens is 415 g/mol. The maximum Gasteiger partial charge on any atom is 0.416 e. The van der Waals surface area contributed by atoms with Crippen LogP contribution in [-0.4, -0.2) is 10.2 Å². The first kappa shape index (κ1) is 18.5. The van der Waals surface area contributed by atoms with Crippen molar-refractivity contribution in [3.8, 4) is 10.6 Å². The number of nitrogens with zero attached hydrogens (tertiary/aromatic N) is 2. The molecular formula is C18H9ClF3N3O2S. The second-order valence-electron chi connectivity index (χ2n) is 5.72. The van der Waals surface area contributed by atoms with Gasteiger partial charge in [-0.3, -0.25) is 0 Å². The van der Waals surface area contributed by atoms with E-state index in [0.717, 1.165) is 29.5 Å². The smallest absolute Gasteiger partial charge is 0.416 e. The maximum atomic E-state index is 12.9. The van der Waals surface area contributed by atoms with Gasteiger partial charge in [0, 0.05) is 5.39 Å². The van der Waals surface area contributed by atoms with E-state index in [9.17, 15) is 18.0 Å². The third-order valence-corrected chi connectivity index (χ3v) is 5.03. The van der Waals surface area contributed by atoms with E-state index in [1.807, 2.05) is 0 Å². The standard InChI is InChI=1S/C18H9ClF3N3O2S/c19-12-6-5-10(18(20,21)22)8-13(12)23-17-25-24-15(28-17)11-7-9-3-1-2-4-14(9)27-16(11)26/h1-8H,(H,23,25). The molecule has 10 heteroatoms. The average Bonchev–Trinajstić information content (AvgIpc) is 3.10. The van der Waals surface area contributed by atoms with Crippen LogP contribution in [0.4, 0.5) is 24.0 Å². The summed E-state index contributed by atoms with van der Waals surface area (Å²) in [5.74, 6) is 0. The van der Waals surface area contributed by atoms with Crippen molar-refractivity contribution in [1.29, 1.82) is 0 Å². The normalized spacial score (nSPS) is 11.7. The minimum absolute atomic E-state index is 0.0322. The van der Waals surface area contributed by atoms with Gasteiger partial charge in [-0.15, -0.1) is 10.2 Å². The van der Waals surface area contributed by atoms with Crippen molar-refractivity contribution in [3.63, 3.8) is 0 Å². The molecule has 4 rings (SSSR count). The van der Waals surface area contributed by atoms with E-state index >= 15 is 0 Å². The highest BCUT2D eigenvalue weighted by Crippen LogP contribution is 2.36. The van der Waals surface area contributed by atoms with Crippen molar-refractivity contribution in [1.82, 2.24) is 10.2 Å². The zero-order valence-electron chi connectivity index (χ0n) is 13.7. The van der Waals surface area contributed by atoms with Crippen LogP contribution >= 0.6 is 22.9 Å². The molecule has 0 unspecified atom stereocenters. The van der Waals surface area contributed by atoms with Gasteiger partial charge in [0.1, 0.15) is 5.58 Å². The van der Waals surface area contributed by atoms with Crippen molar-refractivity contribution in [2.75, 3.05) is 5.32 Å². The van der Waals surface area contributed by atoms with E-state index in [0.29, 0.717) is 11.0 Å². The van der Waals surface area contributed by atoms with Gasteiger partial charge < -0.3 is 9.73 Å². The molecule has 0 spiro atoms. The summed E-state index contributed by atoms with van der Waals surface area (Å²) in [6, 6.07) is 11.5. The van der Waals surface area contributed by atoms with Crippen LogP contribution in [-0.2, 0) is 6.18 Å². The number of benzene rings is 2. The van der Waals surface area contributed by atoms with Crippen molar-refractivity contribution in [2.45, 2.75) is 6.18 Å². The van der Waals surface area contributed by atoms with Crippen LogP contribution in [0.15, 0.2) is 57.7 Å². The Kier molecular flexibility index (Phi) is 4.56. The minimum Gasteiger partial charge on any atom is -0.422 e. The van der Waals surface area contributed by atoms with E-state index in [-0.39, 0.29) is 26.4 Å². The third kappa shape index (κ3) is 3.58. The molecule has 0 aliphatic heterocycles.